The van der Waals surface area contributed by atoms with Crippen molar-refractivity contribution in [1.82, 2.24) is 19.9 Å². The Bertz CT molecular complexity index is 654. The summed E-state index contributed by atoms with van der Waals surface area (Å²) in [6, 6.07) is 4.16. The van der Waals surface area contributed by atoms with Crippen LogP contribution in [0, 0.1) is 0 Å². The second-order valence-electron chi connectivity index (χ2n) is 5.76. The molecule has 0 spiro atoms. The van der Waals surface area contributed by atoms with Gasteiger partial charge in [-0.25, -0.2) is 4.98 Å². The average Bonchev–Trinajstić information content (AvgIpc) is 2.50. The third-order valence-corrected chi connectivity index (χ3v) is 3.99. The third kappa shape index (κ3) is 3.26. The first-order valence-electron chi connectivity index (χ1n) is 7.53. The van der Waals surface area contributed by atoms with Crippen LogP contribution in [0.1, 0.15) is 18.5 Å². The number of methoxy groups -OCH3 is 1. The molecule has 2 aromatic heterocycles. The zero-order chi connectivity index (χ0) is 15.5. The molecule has 1 saturated heterocycles. The molecule has 0 aliphatic carbocycles. The summed E-state index contributed by atoms with van der Waals surface area (Å²) in [5.74, 6) is 1.01. The molecular formula is C15H22N6O. The van der Waals surface area contributed by atoms with Crippen molar-refractivity contribution in [1.29, 1.82) is 0 Å². The van der Waals surface area contributed by atoms with Crippen LogP contribution < -0.4 is 11.1 Å². The number of rotatable bonds is 4. The van der Waals surface area contributed by atoms with E-state index in [0.29, 0.717) is 30.1 Å². The molecule has 7 heteroatoms. The fourth-order valence-corrected chi connectivity index (χ4v) is 2.70. The van der Waals surface area contributed by atoms with Crippen LogP contribution in [0.15, 0.2) is 12.1 Å². The smallest absolute Gasteiger partial charge is 0.226 e. The number of pyridine rings is 1. The van der Waals surface area contributed by atoms with Crippen LogP contribution in [0.4, 0.5) is 11.8 Å². The van der Waals surface area contributed by atoms with Crippen molar-refractivity contribution in [2.75, 3.05) is 38.3 Å². The van der Waals surface area contributed by atoms with Gasteiger partial charge in [-0.2, -0.15) is 9.97 Å². The monoisotopic (exact) mass is 302 g/mol. The number of likely N-dealkylation sites (tertiary alicyclic amines) is 1. The van der Waals surface area contributed by atoms with E-state index in [1.165, 1.54) is 0 Å². The fraction of sp³-hybridized carbons (Fsp3) is 0.533. The predicted molar refractivity (Wildman–Crippen MR) is 86.6 cm³/mol. The molecule has 1 fully saturated rings. The first-order chi connectivity index (χ1) is 10.7. The molecule has 1 aliphatic heterocycles. The molecule has 3 heterocycles. The number of piperidine rings is 1. The zero-order valence-electron chi connectivity index (χ0n) is 13.0. The largest absolute Gasteiger partial charge is 0.383 e. The predicted octanol–water partition coefficient (Wildman–Crippen LogP) is 1.26. The Balaban J connectivity index is 1.83. The van der Waals surface area contributed by atoms with Gasteiger partial charge in [-0.1, -0.05) is 0 Å². The lowest BCUT2D eigenvalue weighted by molar-refractivity contribution is 0.182. The number of ether oxygens (including phenoxy) is 1. The van der Waals surface area contributed by atoms with Crippen LogP contribution in [0.5, 0.6) is 0 Å². The van der Waals surface area contributed by atoms with E-state index >= 15 is 0 Å². The van der Waals surface area contributed by atoms with Gasteiger partial charge in [-0.05, 0) is 45.1 Å². The van der Waals surface area contributed by atoms with Crippen LogP contribution in [0.2, 0.25) is 0 Å². The Morgan fingerprint density at radius 2 is 2.05 bits per heavy atom. The molecule has 118 valence electrons. The molecule has 0 amide bonds. The molecule has 3 N–H and O–H groups in total. The molecule has 0 radical (unpaired) electrons. The normalized spacial score (nSPS) is 17.0. The molecule has 7 nitrogen and oxygen atoms in total. The van der Waals surface area contributed by atoms with E-state index in [2.05, 4.69) is 32.2 Å². The van der Waals surface area contributed by atoms with Crippen LogP contribution in [0.3, 0.4) is 0 Å². The minimum Gasteiger partial charge on any atom is -0.383 e. The summed E-state index contributed by atoms with van der Waals surface area (Å²) in [6.45, 7) is 2.62. The Hall–Kier alpha value is -1.99. The summed E-state index contributed by atoms with van der Waals surface area (Å²) in [4.78, 5) is 15.7. The molecule has 0 bridgehead atoms. The Labute approximate surface area is 129 Å². The van der Waals surface area contributed by atoms with Gasteiger partial charge in [-0.15, -0.1) is 0 Å². The van der Waals surface area contributed by atoms with E-state index in [1.54, 1.807) is 7.11 Å². The molecule has 0 unspecified atom stereocenters. The van der Waals surface area contributed by atoms with Crippen molar-refractivity contribution in [3.05, 3.63) is 17.8 Å². The van der Waals surface area contributed by atoms with Crippen LogP contribution in [-0.2, 0) is 11.3 Å². The number of nitrogen functional groups attached to an aromatic ring is 1. The Morgan fingerprint density at radius 1 is 1.27 bits per heavy atom. The summed E-state index contributed by atoms with van der Waals surface area (Å²) in [6.07, 6.45) is 2.16. The maximum Gasteiger partial charge on any atom is 0.226 e. The highest BCUT2D eigenvalue weighted by Crippen LogP contribution is 2.20. The average molecular weight is 302 g/mol. The highest BCUT2D eigenvalue weighted by Gasteiger charge is 2.18. The topological polar surface area (TPSA) is 89.2 Å². The number of hydrogen-bond donors (Lipinski definition) is 2. The third-order valence-electron chi connectivity index (χ3n) is 3.99. The van der Waals surface area contributed by atoms with Crippen LogP contribution in [-0.4, -0.2) is 53.1 Å². The minimum absolute atomic E-state index is 0.384. The van der Waals surface area contributed by atoms with Crippen molar-refractivity contribution in [3.8, 4) is 0 Å². The number of nitrogens with two attached hydrogens (primary N) is 1. The van der Waals surface area contributed by atoms with E-state index in [9.17, 15) is 0 Å². The number of anilines is 2. The number of hydrogen-bond acceptors (Lipinski definition) is 7. The van der Waals surface area contributed by atoms with E-state index < -0.39 is 0 Å². The van der Waals surface area contributed by atoms with E-state index in [0.717, 1.165) is 37.0 Å². The molecule has 3 rings (SSSR count). The summed E-state index contributed by atoms with van der Waals surface area (Å²) >= 11 is 0. The summed E-state index contributed by atoms with van der Waals surface area (Å²) in [7, 11) is 3.79. The second-order valence-corrected chi connectivity index (χ2v) is 5.76. The molecule has 0 saturated carbocycles. The highest BCUT2D eigenvalue weighted by atomic mass is 16.5. The number of nitrogens with zero attached hydrogens (tertiary/aromatic N) is 4. The first kappa shape index (κ1) is 14.9. The highest BCUT2D eigenvalue weighted by molar-refractivity contribution is 5.86. The summed E-state index contributed by atoms with van der Waals surface area (Å²) in [5, 5.41) is 4.16. The van der Waals surface area contributed by atoms with Crippen LogP contribution >= 0.6 is 0 Å². The molecular weight excluding hydrogens is 280 g/mol. The van der Waals surface area contributed by atoms with Gasteiger partial charge in [0.2, 0.25) is 5.95 Å². The number of fused-ring (bicyclic) bond motifs is 1. The van der Waals surface area contributed by atoms with E-state index in [1.807, 2.05) is 12.1 Å². The quantitative estimate of drug-likeness (QED) is 0.878. The van der Waals surface area contributed by atoms with Gasteiger partial charge in [0.25, 0.3) is 0 Å². The number of nitrogens with one attached hydrogen (secondary N) is 1. The lowest BCUT2D eigenvalue weighted by atomic mass is 10.1. The van der Waals surface area contributed by atoms with Crippen molar-refractivity contribution in [2.45, 2.75) is 25.5 Å². The van der Waals surface area contributed by atoms with Gasteiger partial charge in [0.05, 0.1) is 17.7 Å². The lowest BCUT2D eigenvalue weighted by Crippen LogP contribution is -2.37. The number of aromatic nitrogens is 3. The molecule has 0 aromatic carbocycles. The van der Waals surface area contributed by atoms with Crippen LogP contribution in [0.25, 0.3) is 11.0 Å². The standard InChI is InChI=1S/C15H22N6O/c1-21-7-5-10(6-8-21)18-15-19-13(16)12-4-3-11(9-22-2)17-14(12)20-15/h3-4,10H,5-9H2,1-2H3,(H3,16,17,18,19,20). The Kier molecular flexibility index (Phi) is 4.35. The van der Waals surface area contributed by atoms with Gasteiger partial charge in [0.15, 0.2) is 5.65 Å². The summed E-state index contributed by atoms with van der Waals surface area (Å²) in [5.41, 5.74) is 7.48. The lowest BCUT2D eigenvalue weighted by Gasteiger charge is -2.29. The van der Waals surface area contributed by atoms with Crippen molar-refractivity contribution < 1.29 is 4.74 Å². The summed E-state index contributed by atoms with van der Waals surface area (Å²) < 4.78 is 5.11. The van der Waals surface area contributed by atoms with Gasteiger partial charge in [-0.3, -0.25) is 0 Å². The maximum absolute atomic E-state index is 6.04. The van der Waals surface area contributed by atoms with Gasteiger partial charge in [0.1, 0.15) is 5.82 Å². The van der Waals surface area contributed by atoms with E-state index in [-0.39, 0.29) is 0 Å². The Morgan fingerprint density at radius 3 is 2.77 bits per heavy atom. The molecule has 1 aliphatic rings. The van der Waals surface area contributed by atoms with Gasteiger partial charge >= 0.3 is 0 Å². The molecule has 22 heavy (non-hydrogen) atoms. The fourth-order valence-electron chi connectivity index (χ4n) is 2.70. The van der Waals surface area contributed by atoms with E-state index in [4.69, 9.17) is 10.5 Å². The van der Waals surface area contributed by atoms with Crippen molar-refractivity contribution in [2.24, 2.45) is 0 Å². The maximum atomic E-state index is 6.04. The molecule has 2 aromatic rings. The molecule has 0 atom stereocenters. The zero-order valence-corrected chi connectivity index (χ0v) is 13.0. The minimum atomic E-state index is 0.384. The van der Waals surface area contributed by atoms with Crippen molar-refractivity contribution >= 4 is 22.8 Å². The second kappa shape index (κ2) is 6.41. The van der Waals surface area contributed by atoms with Gasteiger partial charge < -0.3 is 20.7 Å². The van der Waals surface area contributed by atoms with Gasteiger partial charge in [0, 0.05) is 13.2 Å². The SMILES string of the molecule is COCc1ccc2c(N)nc(NC3CCN(C)CC3)nc2n1. The first-order valence-corrected chi connectivity index (χ1v) is 7.53. The van der Waals surface area contributed by atoms with Crippen molar-refractivity contribution in [3.63, 3.8) is 0 Å².